The minimum atomic E-state index is -0.0211. The van der Waals surface area contributed by atoms with Gasteiger partial charge in [-0.2, -0.15) is 0 Å². The zero-order chi connectivity index (χ0) is 22.4. The number of H-pyrrole nitrogens is 1. The normalized spacial score (nSPS) is 11.5. The molecule has 0 radical (unpaired) electrons. The largest absolute Gasteiger partial charge is 0.355 e. The monoisotopic (exact) mass is 423 g/mol. The highest BCUT2D eigenvalue weighted by Gasteiger charge is 2.12. The van der Waals surface area contributed by atoms with Crippen LogP contribution in [0.25, 0.3) is 21.8 Å². The number of carbonyl (C=O) groups excluding carboxylic acids is 2. The lowest BCUT2D eigenvalue weighted by Gasteiger charge is -2.17. The molecule has 0 saturated carbocycles. The minimum absolute atomic E-state index is 0.0211. The Morgan fingerprint density at radius 2 is 1.10 bits per heavy atom. The molecule has 0 fully saturated rings. The summed E-state index contributed by atoms with van der Waals surface area (Å²) < 4.78 is 0. The van der Waals surface area contributed by atoms with Gasteiger partial charge in [0.2, 0.25) is 11.8 Å². The van der Waals surface area contributed by atoms with Crippen LogP contribution in [0.3, 0.4) is 0 Å². The number of hydrogen-bond acceptors (Lipinski definition) is 4. The van der Waals surface area contributed by atoms with Crippen LogP contribution < -0.4 is 10.6 Å². The first-order chi connectivity index (χ1) is 15.0. The van der Waals surface area contributed by atoms with E-state index in [-0.39, 0.29) is 11.8 Å². The number of aromatic amines is 1. The molecule has 0 aliphatic heterocycles. The number of rotatable bonds is 10. The Hall–Kier alpha value is -2.90. The van der Waals surface area contributed by atoms with Crippen molar-refractivity contribution in [3.05, 3.63) is 36.4 Å². The van der Waals surface area contributed by atoms with Gasteiger partial charge in [0.15, 0.2) is 0 Å². The quantitative estimate of drug-likeness (QED) is 0.462. The molecule has 3 N–H and O–H groups in total. The lowest BCUT2D eigenvalue weighted by molar-refractivity contribution is -0.118. The van der Waals surface area contributed by atoms with Crippen molar-refractivity contribution in [3.63, 3.8) is 0 Å². The fourth-order valence-electron chi connectivity index (χ4n) is 3.75. The van der Waals surface area contributed by atoms with Crippen LogP contribution in [-0.2, 0) is 9.59 Å². The number of anilines is 2. The molecule has 0 aliphatic carbocycles. The third kappa shape index (κ3) is 5.62. The van der Waals surface area contributed by atoms with Gasteiger partial charge in [0.1, 0.15) is 0 Å². The molecule has 0 aliphatic rings. The molecule has 2 aromatic carbocycles. The van der Waals surface area contributed by atoms with E-state index >= 15 is 0 Å². The molecule has 31 heavy (non-hydrogen) atoms. The number of likely N-dealkylation sites (N-methyl/N-ethyl adjacent to an activating group) is 2. The molecule has 0 saturated heterocycles. The summed E-state index contributed by atoms with van der Waals surface area (Å²) in [7, 11) is 0. The van der Waals surface area contributed by atoms with Crippen LogP contribution in [-0.4, -0.2) is 65.9 Å². The van der Waals surface area contributed by atoms with E-state index in [1.807, 2.05) is 64.1 Å². The highest BCUT2D eigenvalue weighted by Crippen LogP contribution is 2.30. The number of hydrogen-bond donors (Lipinski definition) is 3. The summed E-state index contributed by atoms with van der Waals surface area (Å²) in [5.74, 6) is -0.0421. The van der Waals surface area contributed by atoms with Crippen molar-refractivity contribution in [3.8, 4) is 0 Å². The van der Waals surface area contributed by atoms with E-state index in [9.17, 15) is 9.59 Å². The van der Waals surface area contributed by atoms with Crippen LogP contribution in [0, 0.1) is 0 Å². The topological polar surface area (TPSA) is 80.5 Å². The van der Waals surface area contributed by atoms with Crippen molar-refractivity contribution in [2.24, 2.45) is 0 Å². The van der Waals surface area contributed by atoms with Crippen LogP contribution >= 0.6 is 0 Å². The smallest absolute Gasteiger partial charge is 0.238 e. The first-order valence-electron chi connectivity index (χ1n) is 11.1. The number of fused-ring (bicyclic) bond motifs is 3. The Labute approximate surface area is 183 Å². The Balaban J connectivity index is 1.80. The summed E-state index contributed by atoms with van der Waals surface area (Å²) in [5, 5.41) is 8.02. The molecule has 2 amide bonds. The zero-order valence-corrected chi connectivity index (χ0v) is 18.9. The molecule has 0 atom stereocenters. The second-order valence-corrected chi connectivity index (χ2v) is 7.66. The van der Waals surface area contributed by atoms with Crippen molar-refractivity contribution in [1.82, 2.24) is 14.8 Å². The molecule has 0 spiro atoms. The summed E-state index contributed by atoms with van der Waals surface area (Å²) in [5.41, 5.74) is 3.51. The molecular weight excluding hydrogens is 390 g/mol. The van der Waals surface area contributed by atoms with Gasteiger partial charge in [-0.25, -0.2) is 0 Å². The van der Waals surface area contributed by atoms with E-state index in [1.165, 1.54) is 0 Å². The van der Waals surface area contributed by atoms with Crippen molar-refractivity contribution in [2.45, 2.75) is 27.7 Å². The number of nitrogens with zero attached hydrogens (tertiary/aromatic N) is 2. The predicted molar refractivity (Wildman–Crippen MR) is 129 cm³/mol. The van der Waals surface area contributed by atoms with Crippen molar-refractivity contribution < 1.29 is 9.59 Å². The molecule has 3 rings (SSSR count). The number of amides is 2. The van der Waals surface area contributed by atoms with E-state index in [0.29, 0.717) is 13.1 Å². The molecule has 3 aromatic rings. The van der Waals surface area contributed by atoms with Crippen molar-refractivity contribution >= 4 is 45.0 Å². The third-order valence-corrected chi connectivity index (χ3v) is 5.69. The van der Waals surface area contributed by atoms with E-state index < -0.39 is 0 Å². The fourth-order valence-corrected chi connectivity index (χ4v) is 3.75. The van der Waals surface area contributed by atoms with Crippen LogP contribution in [0.1, 0.15) is 27.7 Å². The maximum absolute atomic E-state index is 12.4. The van der Waals surface area contributed by atoms with Crippen LogP contribution in [0.4, 0.5) is 11.4 Å². The van der Waals surface area contributed by atoms with E-state index in [4.69, 9.17) is 0 Å². The molecule has 166 valence electrons. The summed E-state index contributed by atoms with van der Waals surface area (Å²) in [6.45, 7) is 12.3. The van der Waals surface area contributed by atoms with Gasteiger partial charge >= 0.3 is 0 Å². The Kier molecular flexibility index (Phi) is 7.65. The summed E-state index contributed by atoms with van der Waals surface area (Å²) in [6.07, 6.45) is 0. The molecule has 1 heterocycles. The molecule has 7 nitrogen and oxygen atoms in total. The number of benzene rings is 2. The van der Waals surface area contributed by atoms with E-state index in [0.717, 1.165) is 59.4 Å². The van der Waals surface area contributed by atoms with Gasteiger partial charge in [-0.15, -0.1) is 0 Å². The summed E-state index contributed by atoms with van der Waals surface area (Å²) >= 11 is 0. The SMILES string of the molecule is CCN(CC)CC(=O)Nc1ccc2[nH]c3ccc(NC(=O)CN(CC)CC)cc3c2c1. The van der Waals surface area contributed by atoms with Crippen LogP contribution in [0.5, 0.6) is 0 Å². The molecule has 1 aromatic heterocycles. The lowest BCUT2D eigenvalue weighted by Crippen LogP contribution is -2.32. The van der Waals surface area contributed by atoms with E-state index in [2.05, 4.69) is 25.4 Å². The van der Waals surface area contributed by atoms with Crippen molar-refractivity contribution in [1.29, 1.82) is 0 Å². The maximum atomic E-state index is 12.4. The Morgan fingerprint density at radius 3 is 1.45 bits per heavy atom. The summed E-state index contributed by atoms with van der Waals surface area (Å²) in [6, 6.07) is 11.7. The van der Waals surface area contributed by atoms with Gasteiger partial charge in [0.05, 0.1) is 13.1 Å². The van der Waals surface area contributed by atoms with Crippen molar-refractivity contribution in [2.75, 3.05) is 49.9 Å². The molecular formula is C24H33N5O2. The second kappa shape index (κ2) is 10.4. The van der Waals surface area contributed by atoms with Gasteiger partial charge < -0.3 is 15.6 Å². The second-order valence-electron chi connectivity index (χ2n) is 7.66. The lowest BCUT2D eigenvalue weighted by atomic mass is 10.1. The zero-order valence-electron chi connectivity index (χ0n) is 18.9. The van der Waals surface area contributed by atoms with Gasteiger partial charge in [0, 0.05) is 33.2 Å². The van der Waals surface area contributed by atoms with Crippen LogP contribution in [0.2, 0.25) is 0 Å². The first-order valence-corrected chi connectivity index (χ1v) is 11.1. The van der Waals surface area contributed by atoms with Gasteiger partial charge in [-0.3, -0.25) is 19.4 Å². The molecule has 0 unspecified atom stereocenters. The third-order valence-electron chi connectivity index (χ3n) is 5.69. The average Bonchev–Trinajstić information content (AvgIpc) is 3.13. The number of aromatic nitrogens is 1. The fraction of sp³-hybridized carbons (Fsp3) is 0.417. The molecule has 0 bridgehead atoms. The Morgan fingerprint density at radius 1 is 0.710 bits per heavy atom. The standard InChI is InChI=1S/C24H33N5O2/c1-5-28(6-2)15-23(30)25-17-9-11-21-19(13-17)20-14-18(10-12-22(20)27-21)26-24(31)16-29(7-3)8-4/h9-14,27H,5-8,15-16H2,1-4H3,(H,25,30)(H,26,31). The predicted octanol–water partition coefficient (Wildman–Crippen LogP) is 3.88. The number of carbonyl (C=O) groups is 2. The maximum Gasteiger partial charge on any atom is 0.238 e. The minimum Gasteiger partial charge on any atom is -0.355 e. The van der Waals surface area contributed by atoms with E-state index in [1.54, 1.807) is 0 Å². The van der Waals surface area contributed by atoms with Gasteiger partial charge in [-0.05, 0) is 62.6 Å². The molecule has 7 heteroatoms. The summed E-state index contributed by atoms with van der Waals surface area (Å²) in [4.78, 5) is 32.3. The van der Waals surface area contributed by atoms with Gasteiger partial charge in [-0.1, -0.05) is 27.7 Å². The Bertz CT molecular complexity index is 968. The highest BCUT2D eigenvalue weighted by atomic mass is 16.2. The van der Waals surface area contributed by atoms with Crippen LogP contribution in [0.15, 0.2) is 36.4 Å². The number of nitrogens with one attached hydrogen (secondary N) is 3. The average molecular weight is 424 g/mol. The van der Waals surface area contributed by atoms with Gasteiger partial charge in [0.25, 0.3) is 0 Å². The first kappa shape index (κ1) is 22.8. The highest BCUT2D eigenvalue weighted by molar-refractivity contribution is 6.10.